The Bertz CT molecular complexity index is 924. The highest BCUT2D eigenvalue weighted by Gasteiger charge is 2.21. The third-order valence-corrected chi connectivity index (χ3v) is 4.78. The predicted molar refractivity (Wildman–Crippen MR) is 100 cm³/mol. The summed E-state index contributed by atoms with van der Waals surface area (Å²) in [5, 5.41) is 0. The molecule has 3 aromatic carbocycles. The molecular formula is C23H19FO. The average molecular weight is 330 g/mol. The maximum Gasteiger partial charge on any atom is 0.123 e. The summed E-state index contributed by atoms with van der Waals surface area (Å²) in [6.07, 6.45) is 1.93. The van der Waals surface area contributed by atoms with E-state index in [9.17, 15) is 4.39 Å². The topological polar surface area (TPSA) is 9.23 Å². The lowest BCUT2D eigenvalue weighted by Gasteiger charge is -2.25. The molecule has 1 nitrogen and oxygen atoms in total. The second kappa shape index (κ2) is 6.56. The number of aryl methyl sites for hydroxylation is 1. The zero-order valence-corrected chi connectivity index (χ0v) is 14.1. The van der Waals surface area contributed by atoms with E-state index in [1.54, 1.807) is 7.11 Å². The molecule has 0 aliphatic heterocycles. The first kappa shape index (κ1) is 15.6. The molecule has 0 aromatic heterocycles. The van der Waals surface area contributed by atoms with Gasteiger partial charge in [0.05, 0.1) is 7.11 Å². The Balaban J connectivity index is 1.96. The summed E-state index contributed by atoms with van der Waals surface area (Å²) in [5.74, 6) is 0.664. The van der Waals surface area contributed by atoms with E-state index < -0.39 is 0 Å². The van der Waals surface area contributed by atoms with Crippen LogP contribution < -0.4 is 4.74 Å². The van der Waals surface area contributed by atoms with Crippen LogP contribution in [0.25, 0.3) is 11.1 Å². The fourth-order valence-corrected chi connectivity index (χ4v) is 3.57. The number of fused-ring (bicyclic) bond motifs is 1. The van der Waals surface area contributed by atoms with E-state index in [0.29, 0.717) is 0 Å². The summed E-state index contributed by atoms with van der Waals surface area (Å²) in [7, 11) is 1.69. The summed E-state index contributed by atoms with van der Waals surface area (Å²) >= 11 is 0. The molecule has 0 spiro atoms. The van der Waals surface area contributed by atoms with Gasteiger partial charge in [-0.05, 0) is 70.5 Å². The van der Waals surface area contributed by atoms with E-state index in [4.69, 9.17) is 4.74 Å². The third kappa shape index (κ3) is 2.96. The third-order valence-electron chi connectivity index (χ3n) is 4.78. The fourth-order valence-electron chi connectivity index (χ4n) is 3.57. The minimum Gasteiger partial charge on any atom is -0.497 e. The molecule has 0 N–H and O–H groups in total. The van der Waals surface area contributed by atoms with Crippen molar-refractivity contribution in [2.45, 2.75) is 12.8 Å². The Labute approximate surface area is 147 Å². The van der Waals surface area contributed by atoms with E-state index in [2.05, 4.69) is 36.4 Å². The fraction of sp³-hybridized carbons (Fsp3) is 0.130. The molecule has 0 amide bonds. The van der Waals surface area contributed by atoms with E-state index in [-0.39, 0.29) is 5.82 Å². The van der Waals surface area contributed by atoms with Gasteiger partial charge in [0, 0.05) is 0 Å². The van der Waals surface area contributed by atoms with Crippen LogP contribution in [0, 0.1) is 5.82 Å². The van der Waals surface area contributed by atoms with Gasteiger partial charge in [-0.1, -0.05) is 48.5 Å². The van der Waals surface area contributed by atoms with Crippen LogP contribution in [0.4, 0.5) is 4.39 Å². The van der Waals surface area contributed by atoms with Crippen LogP contribution in [-0.4, -0.2) is 7.11 Å². The zero-order valence-electron chi connectivity index (χ0n) is 14.1. The molecule has 4 rings (SSSR count). The van der Waals surface area contributed by atoms with Gasteiger partial charge in [0.2, 0.25) is 0 Å². The molecule has 0 saturated carbocycles. The number of halogens is 1. The highest BCUT2D eigenvalue weighted by Crippen LogP contribution is 2.41. The van der Waals surface area contributed by atoms with Crippen LogP contribution in [-0.2, 0) is 6.42 Å². The molecule has 0 bridgehead atoms. The molecule has 1 aliphatic rings. The van der Waals surface area contributed by atoms with E-state index >= 15 is 0 Å². The summed E-state index contributed by atoms with van der Waals surface area (Å²) < 4.78 is 18.8. The Morgan fingerprint density at radius 1 is 0.800 bits per heavy atom. The lowest BCUT2D eigenvalue weighted by molar-refractivity contribution is 0.414. The summed E-state index contributed by atoms with van der Waals surface area (Å²) in [6.45, 7) is 0. The summed E-state index contributed by atoms with van der Waals surface area (Å²) in [6, 6.07) is 23.5. The molecule has 0 fully saturated rings. The Morgan fingerprint density at radius 2 is 1.56 bits per heavy atom. The molecule has 2 heteroatoms. The van der Waals surface area contributed by atoms with Crippen molar-refractivity contribution in [2.24, 2.45) is 0 Å². The molecule has 0 saturated heterocycles. The van der Waals surface area contributed by atoms with Gasteiger partial charge in [-0.2, -0.15) is 0 Å². The van der Waals surface area contributed by atoms with Gasteiger partial charge in [-0.15, -0.1) is 0 Å². The summed E-state index contributed by atoms with van der Waals surface area (Å²) in [4.78, 5) is 0. The van der Waals surface area contributed by atoms with E-state index in [1.165, 1.54) is 40.0 Å². The second-order valence-electron chi connectivity index (χ2n) is 6.25. The molecule has 124 valence electrons. The van der Waals surface area contributed by atoms with Crippen LogP contribution >= 0.6 is 0 Å². The number of hydrogen-bond donors (Lipinski definition) is 0. The summed E-state index contributed by atoms with van der Waals surface area (Å²) in [5.41, 5.74) is 7.26. The zero-order chi connectivity index (χ0) is 17.2. The maximum absolute atomic E-state index is 13.4. The van der Waals surface area contributed by atoms with Crippen LogP contribution in [0.1, 0.15) is 28.7 Å². The lowest BCUT2D eigenvalue weighted by atomic mass is 9.79. The number of ether oxygens (including phenoxy) is 1. The number of allylic oxidation sites excluding steroid dienone is 1. The van der Waals surface area contributed by atoms with Gasteiger partial charge in [0.25, 0.3) is 0 Å². The Hall–Kier alpha value is -2.87. The minimum absolute atomic E-state index is 0.212. The van der Waals surface area contributed by atoms with Crippen molar-refractivity contribution in [2.75, 3.05) is 7.11 Å². The van der Waals surface area contributed by atoms with Crippen molar-refractivity contribution in [1.29, 1.82) is 0 Å². The Morgan fingerprint density at radius 3 is 2.28 bits per heavy atom. The molecule has 3 aromatic rings. The van der Waals surface area contributed by atoms with Gasteiger partial charge < -0.3 is 4.74 Å². The van der Waals surface area contributed by atoms with Crippen molar-refractivity contribution in [3.05, 3.63) is 101 Å². The molecule has 0 atom stereocenters. The highest BCUT2D eigenvalue weighted by atomic mass is 19.1. The average Bonchev–Trinajstić information content (AvgIpc) is 2.68. The number of rotatable bonds is 3. The molecule has 0 radical (unpaired) electrons. The van der Waals surface area contributed by atoms with Crippen molar-refractivity contribution < 1.29 is 9.13 Å². The Kier molecular flexibility index (Phi) is 4.10. The SMILES string of the molecule is COc1ccc2c(c1)CCC(c1ccccc1)=C2c1ccc(F)cc1. The smallest absolute Gasteiger partial charge is 0.123 e. The molecule has 25 heavy (non-hydrogen) atoms. The van der Waals surface area contributed by atoms with Crippen molar-refractivity contribution in [1.82, 2.24) is 0 Å². The van der Waals surface area contributed by atoms with Gasteiger partial charge in [0.1, 0.15) is 11.6 Å². The van der Waals surface area contributed by atoms with Crippen LogP contribution in [0.15, 0.2) is 72.8 Å². The van der Waals surface area contributed by atoms with Crippen molar-refractivity contribution in [3.8, 4) is 5.75 Å². The molecule has 1 aliphatic carbocycles. The normalized spacial score (nSPS) is 13.5. The van der Waals surface area contributed by atoms with E-state index in [1.807, 2.05) is 24.3 Å². The standard InChI is InChI=1S/C23H19FO/c1-25-20-12-14-22-18(15-20)9-13-21(16-5-3-2-4-6-16)23(22)17-7-10-19(24)11-8-17/h2-8,10-12,14-15H,9,13H2,1H3. The lowest BCUT2D eigenvalue weighted by Crippen LogP contribution is -2.06. The number of hydrogen-bond acceptors (Lipinski definition) is 1. The van der Waals surface area contributed by atoms with Crippen LogP contribution in [0.2, 0.25) is 0 Å². The molecular weight excluding hydrogens is 311 g/mol. The monoisotopic (exact) mass is 330 g/mol. The van der Waals surface area contributed by atoms with Crippen LogP contribution in [0.3, 0.4) is 0 Å². The van der Waals surface area contributed by atoms with Gasteiger partial charge >= 0.3 is 0 Å². The first-order chi connectivity index (χ1) is 12.3. The number of benzene rings is 3. The van der Waals surface area contributed by atoms with Gasteiger partial charge in [0.15, 0.2) is 0 Å². The van der Waals surface area contributed by atoms with E-state index in [0.717, 1.165) is 24.2 Å². The quantitative estimate of drug-likeness (QED) is 0.595. The predicted octanol–water partition coefficient (Wildman–Crippen LogP) is 5.74. The van der Waals surface area contributed by atoms with Gasteiger partial charge in [-0.25, -0.2) is 4.39 Å². The maximum atomic E-state index is 13.4. The van der Waals surface area contributed by atoms with Crippen molar-refractivity contribution in [3.63, 3.8) is 0 Å². The largest absolute Gasteiger partial charge is 0.497 e. The first-order valence-electron chi connectivity index (χ1n) is 8.48. The van der Waals surface area contributed by atoms with Gasteiger partial charge in [-0.3, -0.25) is 0 Å². The van der Waals surface area contributed by atoms with Crippen LogP contribution in [0.5, 0.6) is 5.75 Å². The number of methoxy groups -OCH3 is 1. The minimum atomic E-state index is -0.212. The first-order valence-corrected chi connectivity index (χ1v) is 8.48. The molecule has 0 heterocycles. The highest BCUT2D eigenvalue weighted by molar-refractivity contribution is 6.00. The molecule has 0 unspecified atom stereocenters. The second-order valence-corrected chi connectivity index (χ2v) is 6.25. The van der Waals surface area contributed by atoms with Crippen molar-refractivity contribution >= 4 is 11.1 Å².